The van der Waals surface area contributed by atoms with Crippen molar-refractivity contribution in [3.05, 3.63) is 58.3 Å². The minimum atomic E-state index is -0.444. The third kappa shape index (κ3) is 3.07. The molecule has 3 heterocycles. The second kappa shape index (κ2) is 7.61. The molecule has 3 aliphatic rings. The molecule has 0 spiro atoms. The predicted molar refractivity (Wildman–Crippen MR) is 133 cm³/mol. The number of fused-ring (bicyclic) bond motifs is 4. The zero-order valence-electron chi connectivity index (χ0n) is 19.8. The first-order chi connectivity index (χ1) is 16.4. The number of nitrogens with one attached hydrogen (secondary N) is 1. The van der Waals surface area contributed by atoms with Crippen LogP contribution in [0.2, 0.25) is 0 Å². The highest BCUT2D eigenvalue weighted by Gasteiger charge is 2.41. The number of piperidine rings is 1. The summed E-state index contributed by atoms with van der Waals surface area (Å²) in [6, 6.07) is 11.9. The first-order valence-corrected chi connectivity index (χ1v) is 12.4. The molecule has 2 aromatic carbocycles. The zero-order valence-corrected chi connectivity index (χ0v) is 19.8. The molecule has 0 radical (unpaired) electrons. The van der Waals surface area contributed by atoms with Gasteiger partial charge < -0.3 is 19.9 Å². The maximum absolute atomic E-state index is 13.6. The molecular formula is C28H30N4O2. The third-order valence-electron chi connectivity index (χ3n) is 8.27. The highest BCUT2D eigenvalue weighted by molar-refractivity contribution is 6.20. The van der Waals surface area contributed by atoms with Crippen LogP contribution in [0.1, 0.15) is 72.3 Å². The summed E-state index contributed by atoms with van der Waals surface area (Å²) >= 11 is 0. The Labute approximate surface area is 199 Å². The summed E-state index contributed by atoms with van der Waals surface area (Å²) in [4.78, 5) is 22.0. The lowest BCUT2D eigenvalue weighted by atomic mass is 9.71. The molecule has 0 bridgehead atoms. The van der Waals surface area contributed by atoms with Crippen LogP contribution in [0.3, 0.4) is 0 Å². The van der Waals surface area contributed by atoms with Crippen LogP contribution in [-0.2, 0) is 5.41 Å². The van der Waals surface area contributed by atoms with Crippen LogP contribution >= 0.6 is 0 Å². The fourth-order valence-electron chi connectivity index (χ4n) is 6.35. The standard InChI is InChI=1S/C28H30N4O2/c1-28(2)21-15-23(32-11-7-18(8-12-32)31-9-3-4-10-31)24(33)14-20(21)26(34)25-19-6-5-17(16-29)13-22(19)30-27(25)28/h5-6,13-15,18,30,33H,3-4,7-12H2,1-2H3. The number of carbonyl (C=O) groups excluding carboxylic acids is 1. The van der Waals surface area contributed by atoms with Gasteiger partial charge in [0.2, 0.25) is 0 Å². The first kappa shape index (κ1) is 21.2. The highest BCUT2D eigenvalue weighted by atomic mass is 16.3. The molecule has 6 rings (SSSR count). The summed E-state index contributed by atoms with van der Waals surface area (Å²) in [6.07, 6.45) is 4.82. The SMILES string of the molecule is CC1(C)c2cc(N3CCC(N4CCCC4)CC3)c(O)cc2C(=O)c2c1[nH]c1cc(C#N)ccc21. The summed E-state index contributed by atoms with van der Waals surface area (Å²) in [5.41, 5.74) is 4.77. The Morgan fingerprint density at radius 2 is 1.82 bits per heavy atom. The molecule has 0 amide bonds. The number of nitriles is 1. The largest absolute Gasteiger partial charge is 0.506 e. The molecule has 2 aliphatic heterocycles. The topological polar surface area (TPSA) is 83.4 Å². The van der Waals surface area contributed by atoms with Crippen molar-refractivity contribution >= 4 is 22.4 Å². The number of likely N-dealkylation sites (tertiary alicyclic amines) is 1. The molecule has 34 heavy (non-hydrogen) atoms. The number of aromatic amines is 1. The number of carbonyl (C=O) groups is 1. The highest BCUT2D eigenvalue weighted by Crippen LogP contribution is 2.47. The fraction of sp³-hybridized carbons (Fsp3) is 0.429. The number of hydrogen-bond acceptors (Lipinski definition) is 5. The van der Waals surface area contributed by atoms with Gasteiger partial charge in [0.1, 0.15) is 5.75 Å². The molecule has 2 saturated heterocycles. The van der Waals surface area contributed by atoms with E-state index < -0.39 is 5.41 Å². The number of nitrogens with zero attached hydrogens (tertiary/aromatic N) is 3. The van der Waals surface area contributed by atoms with E-state index in [0.29, 0.717) is 22.7 Å². The monoisotopic (exact) mass is 454 g/mol. The average molecular weight is 455 g/mol. The summed E-state index contributed by atoms with van der Waals surface area (Å²) in [7, 11) is 0. The lowest BCUT2D eigenvalue weighted by molar-refractivity contribution is 0.103. The second-order valence-electron chi connectivity index (χ2n) is 10.5. The number of anilines is 1. The van der Waals surface area contributed by atoms with Gasteiger partial charge in [-0.3, -0.25) is 4.79 Å². The first-order valence-electron chi connectivity index (χ1n) is 12.4. The van der Waals surface area contributed by atoms with Gasteiger partial charge in [0.15, 0.2) is 5.78 Å². The van der Waals surface area contributed by atoms with Crippen molar-refractivity contribution in [2.24, 2.45) is 0 Å². The lowest BCUT2D eigenvalue weighted by Crippen LogP contribution is -2.44. The van der Waals surface area contributed by atoms with E-state index in [2.05, 4.69) is 34.7 Å². The summed E-state index contributed by atoms with van der Waals surface area (Å²) in [5, 5.41) is 21.1. The molecule has 174 valence electrons. The Morgan fingerprint density at radius 1 is 1.09 bits per heavy atom. The van der Waals surface area contributed by atoms with Crippen molar-refractivity contribution in [3.8, 4) is 11.8 Å². The zero-order chi connectivity index (χ0) is 23.6. The van der Waals surface area contributed by atoms with E-state index in [0.717, 1.165) is 53.8 Å². The van der Waals surface area contributed by atoms with Gasteiger partial charge >= 0.3 is 0 Å². The second-order valence-corrected chi connectivity index (χ2v) is 10.5. The normalized spacial score (nSPS) is 20.4. The van der Waals surface area contributed by atoms with Crippen LogP contribution in [0.4, 0.5) is 5.69 Å². The predicted octanol–water partition coefficient (Wildman–Crippen LogP) is 4.68. The van der Waals surface area contributed by atoms with Gasteiger partial charge in [-0.25, -0.2) is 0 Å². The van der Waals surface area contributed by atoms with Gasteiger partial charge in [-0.05, 0) is 68.6 Å². The maximum Gasteiger partial charge on any atom is 0.195 e. The summed E-state index contributed by atoms with van der Waals surface area (Å²) in [6.45, 7) is 8.50. The van der Waals surface area contributed by atoms with Crippen molar-refractivity contribution in [2.75, 3.05) is 31.1 Å². The lowest BCUT2D eigenvalue weighted by Gasteiger charge is -2.39. The molecule has 6 heteroatoms. The van der Waals surface area contributed by atoms with E-state index in [-0.39, 0.29) is 11.5 Å². The van der Waals surface area contributed by atoms with E-state index in [4.69, 9.17) is 0 Å². The Bertz CT molecular complexity index is 1350. The van der Waals surface area contributed by atoms with Gasteiger partial charge in [-0.2, -0.15) is 5.26 Å². The van der Waals surface area contributed by atoms with Crippen LogP contribution in [0, 0.1) is 11.3 Å². The minimum absolute atomic E-state index is 0.0742. The number of aromatic hydroxyl groups is 1. The van der Waals surface area contributed by atoms with Gasteiger partial charge in [-0.15, -0.1) is 0 Å². The van der Waals surface area contributed by atoms with E-state index in [1.54, 1.807) is 18.2 Å². The molecule has 0 unspecified atom stereocenters. The Balaban J connectivity index is 1.38. The van der Waals surface area contributed by atoms with Crippen LogP contribution < -0.4 is 4.90 Å². The molecule has 2 fully saturated rings. The van der Waals surface area contributed by atoms with Gasteiger partial charge in [0, 0.05) is 46.7 Å². The number of ketones is 1. The number of benzene rings is 2. The molecule has 0 saturated carbocycles. The number of H-pyrrole nitrogens is 1. The van der Waals surface area contributed by atoms with Gasteiger partial charge in [0.05, 0.1) is 22.9 Å². The van der Waals surface area contributed by atoms with Crippen LogP contribution in [0.25, 0.3) is 10.9 Å². The van der Waals surface area contributed by atoms with Crippen molar-refractivity contribution in [2.45, 2.75) is 51.0 Å². The molecule has 0 atom stereocenters. The van der Waals surface area contributed by atoms with Crippen molar-refractivity contribution in [3.63, 3.8) is 0 Å². The van der Waals surface area contributed by atoms with Crippen LogP contribution in [0.15, 0.2) is 30.3 Å². The quantitative estimate of drug-likeness (QED) is 0.587. The van der Waals surface area contributed by atoms with Crippen molar-refractivity contribution < 1.29 is 9.90 Å². The molecule has 2 N–H and O–H groups in total. The van der Waals surface area contributed by atoms with E-state index in [1.807, 2.05) is 12.1 Å². The number of hydrogen-bond donors (Lipinski definition) is 2. The number of rotatable bonds is 2. The molecule has 1 aromatic heterocycles. The molecule has 1 aliphatic carbocycles. The minimum Gasteiger partial charge on any atom is -0.506 e. The summed E-state index contributed by atoms with van der Waals surface area (Å²) in [5.74, 6) is 0.104. The number of phenolic OH excluding ortho intramolecular Hbond substituents is 1. The number of phenols is 1. The molecule has 6 nitrogen and oxygen atoms in total. The maximum atomic E-state index is 13.6. The average Bonchev–Trinajstić information content (AvgIpc) is 3.51. The Morgan fingerprint density at radius 3 is 2.53 bits per heavy atom. The summed E-state index contributed by atoms with van der Waals surface area (Å²) < 4.78 is 0. The Hall–Kier alpha value is -3.30. The van der Waals surface area contributed by atoms with E-state index >= 15 is 0 Å². The van der Waals surface area contributed by atoms with Crippen molar-refractivity contribution in [1.82, 2.24) is 9.88 Å². The fourth-order valence-corrected chi connectivity index (χ4v) is 6.35. The number of aromatic nitrogens is 1. The van der Waals surface area contributed by atoms with Crippen molar-refractivity contribution in [1.29, 1.82) is 5.26 Å². The van der Waals surface area contributed by atoms with Gasteiger partial charge in [-0.1, -0.05) is 19.9 Å². The van der Waals surface area contributed by atoms with E-state index in [9.17, 15) is 15.2 Å². The van der Waals surface area contributed by atoms with Crippen LogP contribution in [0.5, 0.6) is 5.75 Å². The Kier molecular flexibility index (Phi) is 4.76. The molecular weight excluding hydrogens is 424 g/mol. The van der Waals surface area contributed by atoms with Crippen LogP contribution in [-0.4, -0.2) is 53.0 Å². The molecule has 3 aromatic rings. The van der Waals surface area contributed by atoms with Gasteiger partial charge in [0.25, 0.3) is 0 Å². The smallest absolute Gasteiger partial charge is 0.195 e. The third-order valence-corrected chi connectivity index (χ3v) is 8.27. The van der Waals surface area contributed by atoms with E-state index in [1.165, 1.54) is 25.9 Å².